The predicted octanol–water partition coefficient (Wildman–Crippen LogP) is 1.62. The molecule has 0 aliphatic carbocycles. The van der Waals surface area contributed by atoms with Crippen molar-refractivity contribution in [1.82, 2.24) is 0 Å². The molecule has 0 saturated heterocycles. The topological polar surface area (TPSA) is 55.8 Å². The number of methoxy groups -OCH3 is 2. The summed E-state index contributed by atoms with van der Waals surface area (Å²) in [4.78, 5) is 25.1. The fourth-order valence-electron chi connectivity index (χ4n) is 1.95. The summed E-state index contributed by atoms with van der Waals surface area (Å²) in [7, 11) is 2.65. The summed E-state index contributed by atoms with van der Waals surface area (Å²) in [6.07, 6.45) is 0. The van der Waals surface area contributed by atoms with Crippen LogP contribution in [0, 0.1) is 0 Å². The van der Waals surface area contributed by atoms with Gasteiger partial charge in [-0.1, -0.05) is 18.2 Å². The Morgan fingerprint density at radius 2 is 1.37 bits per heavy atom. The molecule has 1 aromatic rings. The normalized spacial score (nSPS) is 13.3. The van der Waals surface area contributed by atoms with E-state index in [-0.39, 0.29) is 0 Å². The van der Waals surface area contributed by atoms with Gasteiger partial charge in [0.05, 0.1) is 14.2 Å². The van der Waals surface area contributed by atoms with Gasteiger partial charge in [0, 0.05) is 5.69 Å². The summed E-state index contributed by atoms with van der Waals surface area (Å²) in [5.41, 5.74) is 0.762. The van der Waals surface area contributed by atoms with E-state index >= 15 is 0 Å². The van der Waals surface area contributed by atoms with Gasteiger partial charge in [-0.2, -0.15) is 0 Å². The van der Waals surface area contributed by atoms with E-state index in [4.69, 9.17) is 9.47 Å². The van der Waals surface area contributed by atoms with Crippen molar-refractivity contribution in [2.45, 2.75) is 25.9 Å². The molecule has 1 rings (SSSR count). The van der Waals surface area contributed by atoms with Gasteiger partial charge in [-0.25, -0.2) is 9.59 Å². The van der Waals surface area contributed by atoms with Gasteiger partial charge in [-0.15, -0.1) is 0 Å². The number of ether oxygens (including phenoxy) is 2. The van der Waals surface area contributed by atoms with Crippen LogP contribution in [0.25, 0.3) is 0 Å². The highest BCUT2D eigenvalue weighted by Gasteiger charge is 2.31. The number of hydrogen-bond acceptors (Lipinski definition) is 5. The summed E-state index contributed by atoms with van der Waals surface area (Å²) in [6.45, 7) is 3.39. The molecule has 0 bridgehead atoms. The number of para-hydroxylation sites is 1. The van der Waals surface area contributed by atoms with Gasteiger partial charge in [0.2, 0.25) is 0 Å². The van der Waals surface area contributed by atoms with Gasteiger partial charge < -0.3 is 14.4 Å². The average Bonchev–Trinajstić information content (AvgIpc) is 2.46. The monoisotopic (exact) mass is 265 g/mol. The Hall–Kier alpha value is -2.04. The standard InChI is InChI=1S/C14H19NO4/c1-10(13(16)18-3)15(11(2)14(17)19-4)12-8-6-5-7-9-12/h5-11H,1-4H3/t10-,11-/m1/s1. The first-order valence-corrected chi connectivity index (χ1v) is 6.02. The van der Waals surface area contributed by atoms with Crippen LogP contribution in [0.1, 0.15) is 13.8 Å². The molecule has 0 fully saturated rings. The minimum atomic E-state index is -0.582. The quantitative estimate of drug-likeness (QED) is 0.757. The molecule has 0 unspecified atom stereocenters. The van der Waals surface area contributed by atoms with E-state index in [0.717, 1.165) is 5.69 Å². The minimum absolute atomic E-state index is 0.403. The molecule has 0 heterocycles. The van der Waals surface area contributed by atoms with E-state index in [1.807, 2.05) is 30.3 Å². The van der Waals surface area contributed by atoms with E-state index in [1.165, 1.54) is 14.2 Å². The van der Waals surface area contributed by atoms with Gasteiger partial charge in [-0.05, 0) is 26.0 Å². The predicted molar refractivity (Wildman–Crippen MR) is 71.9 cm³/mol. The first kappa shape index (κ1) is 15.0. The highest BCUT2D eigenvalue weighted by molar-refractivity contribution is 5.85. The van der Waals surface area contributed by atoms with Crippen LogP contribution in [-0.2, 0) is 19.1 Å². The second-order valence-electron chi connectivity index (χ2n) is 4.14. The molecule has 2 atom stereocenters. The van der Waals surface area contributed by atoms with E-state index < -0.39 is 24.0 Å². The molecule has 0 aliphatic heterocycles. The maximum atomic E-state index is 11.7. The molecule has 5 nitrogen and oxygen atoms in total. The number of carbonyl (C=O) groups excluding carboxylic acids is 2. The van der Waals surface area contributed by atoms with Crippen molar-refractivity contribution in [3.05, 3.63) is 30.3 Å². The lowest BCUT2D eigenvalue weighted by molar-refractivity contribution is -0.144. The Bertz CT molecular complexity index is 410. The van der Waals surface area contributed by atoms with Crippen molar-refractivity contribution < 1.29 is 19.1 Å². The first-order chi connectivity index (χ1) is 9.02. The zero-order valence-corrected chi connectivity index (χ0v) is 11.6. The van der Waals surface area contributed by atoms with Crippen molar-refractivity contribution >= 4 is 17.6 Å². The molecule has 0 aromatic heterocycles. The van der Waals surface area contributed by atoms with Crippen LogP contribution in [0.4, 0.5) is 5.69 Å². The molecule has 19 heavy (non-hydrogen) atoms. The molecule has 104 valence electrons. The molecule has 0 N–H and O–H groups in total. The highest BCUT2D eigenvalue weighted by atomic mass is 16.5. The summed E-state index contributed by atoms with van der Waals surface area (Å²) in [5, 5.41) is 0. The van der Waals surface area contributed by atoms with Crippen molar-refractivity contribution in [2.75, 3.05) is 19.1 Å². The van der Waals surface area contributed by atoms with Gasteiger partial charge in [-0.3, -0.25) is 0 Å². The molecular weight excluding hydrogens is 246 g/mol. The SMILES string of the molecule is COC(=O)[C@@H](C)N(c1ccccc1)[C@H](C)C(=O)OC. The van der Waals surface area contributed by atoms with Gasteiger partial charge >= 0.3 is 11.9 Å². The minimum Gasteiger partial charge on any atom is -0.467 e. The molecule has 0 amide bonds. The molecule has 0 aliphatic rings. The van der Waals surface area contributed by atoms with Crippen molar-refractivity contribution in [2.24, 2.45) is 0 Å². The summed E-state index contributed by atoms with van der Waals surface area (Å²) in [5.74, 6) is -0.806. The first-order valence-electron chi connectivity index (χ1n) is 6.02. The Kier molecular flexibility index (Phi) is 5.36. The van der Waals surface area contributed by atoms with Crippen molar-refractivity contribution in [3.63, 3.8) is 0 Å². The van der Waals surface area contributed by atoms with E-state index in [2.05, 4.69) is 0 Å². The second-order valence-corrected chi connectivity index (χ2v) is 4.14. The summed E-state index contributed by atoms with van der Waals surface area (Å²) < 4.78 is 9.49. The third-order valence-corrected chi connectivity index (χ3v) is 2.97. The van der Waals surface area contributed by atoms with Crippen LogP contribution in [0.2, 0.25) is 0 Å². The van der Waals surface area contributed by atoms with Crippen LogP contribution in [0.15, 0.2) is 30.3 Å². The van der Waals surface area contributed by atoms with E-state index in [9.17, 15) is 9.59 Å². The lowest BCUT2D eigenvalue weighted by Crippen LogP contribution is -2.49. The number of nitrogens with zero attached hydrogens (tertiary/aromatic N) is 1. The van der Waals surface area contributed by atoms with Gasteiger partial charge in [0.1, 0.15) is 12.1 Å². The molecule has 1 aromatic carbocycles. The Labute approximate surface area is 113 Å². The molecule has 0 spiro atoms. The van der Waals surface area contributed by atoms with Crippen molar-refractivity contribution in [1.29, 1.82) is 0 Å². The lowest BCUT2D eigenvalue weighted by atomic mass is 10.1. The number of benzene rings is 1. The van der Waals surface area contributed by atoms with Gasteiger partial charge in [0.25, 0.3) is 0 Å². The molecule has 0 saturated carbocycles. The summed E-state index contributed by atoms with van der Waals surface area (Å²) in [6, 6.07) is 8.06. The number of hydrogen-bond donors (Lipinski definition) is 0. The Balaban J connectivity index is 3.11. The van der Waals surface area contributed by atoms with Crippen molar-refractivity contribution in [3.8, 4) is 0 Å². The third-order valence-electron chi connectivity index (χ3n) is 2.97. The van der Waals surface area contributed by atoms with Crippen LogP contribution in [-0.4, -0.2) is 38.2 Å². The highest BCUT2D eigenvalue weighted by Crippen LogP contribution is 2.21. The second kappa shape index (κ2) is 6.78. The fraction of sp³-hybridized carbons (Fsp3) is 0.429. The molecular formula is C14H19NO4. The number of rotatable bonds is 5. The van der Waals surface area contributed by atoms with Crippen LogP contribution < -0.4 is 4.90 Å². The number of esters is 2. The van der Waals surface area contributed by atoms with Crippen LogP contribution in [0.5, 0.6) is 0 Å². The lowest BCUT2D eigenvalue weighted by Gasteiger charge is -2.33. The van der Waals surface area contributed by atoms with E-state index in [0.29, 0.717) is 0 Å². The smallest absolute Gasteiger partial charge is 0.328 e. The van der Waals surface area contributed by atoms with Gasteiger partial charge in [0.15, 0.2) is 0 Å². The Morgan fingerprint density at radius 1 is 0.947 bits per heavy atom. The van der Waals surface area contributed by atoms with Crippen LogP contribution in [0.3, 0.4) is 0 Å². The molecule has 0 radical (unpaired) electrons. The maximum Gasteiger partial charge on any atom is 0.328 e. The Morgan fingerprint density at radius 3 is 1.74 bits per heavy atom. The third kappa shape index (κ3) is 3.47. The van der Waals surface area contributed by atoms with Crippen LogP contribution >= 0.6 is 0 Å². The number of carbonyl (C=O) groups is 2. The maximum absolute atomic E-state index is 11.7. The fourth-order valence-corrected chi connectivity index (χ4v) is 1.95. The largest absolute Gasteiger partial charge is 0.467 e. The average molecular weight is 265 g/mol. The van der Waals surface area contributed by atoms with E-state index in [1.54, 1.807) is 18.7 Å². The molecule has 5 heteroatoms. The zero-order chi connectivity index (χ0) is 14.4. The zero-order valence-electron chi connectivity index (χ0n) is 11.6. The number of anilines is 1. The summed E-state index contributed by atoms with van der Waals surface area (Å²) >= 11 is 0.